The Morgan fingerprint density at radius 1 is 1.27 bits per heavy atom. The molecule has 4 rings (SSSR count). The van der Waals surface area contributed by atoms with Gasteiger partial charge in [-0.3, -0.25) is 9.78 Å². The maximum Gasteiger partial charge on any atom is 0.253 e. The number of carbonyl (C=O) groups is 1. The predicted molar refractivity (Wildman–Crippen MR) is 93.8 cm³/mol. The molecule has 1 unspecified atom stereocenters. The van der Waals surface area contributed by atoms with Gasteiger partial charge in [-0.2, -0.15) is 4.98 Å². The molecule has 7 nitrogen and oxygen atoms in total. The quantitative estimate of drug-likeness (QED) is 0.841. The van der Waals surface area contributed by atoms with Gasteiger partial charge in [-0.05, 0) is 37.8 Å². The summed E-state index contributed by atoms with van der Waals surface area (Å²) in [5.74, 6) is 1.74. The van der Waals surface area contributed by atoms with E-state index in [0.717, 1.165) is 45.4 Å². The summed E-state index contributed by atoms with van der Waals surface area (Å²) in [7, 11) is 0. The number of carbonyl (C=O) groups excluding carboxylic acids is 1. The van der Waals surface area contributed by atoms with Gasteiger partial charge in [0, 0.05) is 55.6 Å². The number of likely N-dealkylation sites (tertiary alicyclic amines) is 1. The topological polar surface area (TPSA) is 81.4 Å². The van der Waals surface area contributed by atoms with Crippen molar-refractivity contribution in [3.63, 3.8) is 0 Å². The summed E-state index contributed by atoms with van der Waals surface area (Å²) < 4.78 is 11.0. The van der Waals surface area contributed by atoms with Crippen molar-refractivity contribution in [1.29, 1.82) is 0 Å². The van der Waals surface area contributed by atoms with E-state index < -0.39 is 0 Å². The highest BCUT2D eigenvalue weighted by Gasteiger charge is 2.39. The molecule has 2 aromatic heterocycles. The van der Waals surface area contributed by atoms with E-state index in [9.17, 15) is 4.79 Å². The van der Waals surface area contributed by atoms with Crippen LogP contribution in [0.4, 0.5) is 0 Å². The Hall–Kier alpha value is -2.28. The lowest BCUT2D eigenvalue weighted by atomic mass is 9.81. The molecule has 0 saturated carbocycles. The highest BCUT2D eigenvalue weighted by molar-refractivity contribution is 5.94. The number of hydrogen-bond donors (Lipinski definition) is 0. The molecule has 138 valence electrons. The molecule has 1 atom stereocenters. The molecule has 7 heteroatoms. The van der Waals surface area contributed by atoms with Crippen molar-refractivity contribution in [1.82, 2.24) is 20.0 Å². The second-order valence-corrected chi connectivity index (χ2v) is 7.47. The van der Waals surface area contributed by atoms with E-state index in [1.165, 1.54) is 0 Å². The zero-order chi connectivity index (χ0) is 18.0. The molecule has 0 bridgehead atoms. The van der Waals surface area contributed by atoms with Crippen molar-refractivity contribution in [2.75, 3.05) is 26.3 Å². The van der Waals surface area contributed by atoms with Crippen molar-refractivity contribution >= 4 is 5.91 Å². The van der Waals surface area contributed by atoms with Crippen LogP contribution in [0.25, 0.3) is 0 Å². The molecule has 2 aliphatic heterocycles. The first-order chi connectivity index (χ1) is 12.7. The van der Waals surface area contributed by atoms with Gasteiger partial charge in [-0.1, -0.05) is 12.1 Å². The van der Waals surface area contributed by atoms with Crippen LogP contribution in [0.5, 0.6) is 0 Å². The summed E-state index contributed by atoms with van der Waals surface area (Å²) >= 11 is 0. The summed E-state index contributed by atoms with van der Waals surface area (Å²) in [6.45, 7) is 4.96. The van der Waals surface area contributed by atoms with E-state index in [1.54, 1.807) is 24.5 Å². The molecule has 0 radical (unpaired) electrons. The highest BCUT2D eigenvalue weighted by Crippen LogP contribution is 2.34. The standard InChI is InChI=1S/C19H24N4O3/c1-19(18-21-16(26-22-18)14-5-11-25-12-6-14)7-2-10-23(13-19)17(24)15-3-8-20-9-4-15/h3-4,8-9,14H,2,5-7,10-13H2,1H3. The first kappa shape index (κ1) is 17.1. The first-order valence-corrected chi connectivity index (χ1v) is 9.27. The minimum Gasteiger partial charge on any atom is -0.381 e. The van der Waals surface area contributed by atoms with Crippen molar-refractivity contribution in [3.05, 3.63) is 41.8 Å². The zero-order valence-corrected chi connectivity index (χ0v) is 15.1. The van der Waals surface area contributed by atoms with Crippen molar-refractivity contribution in [2.24, 2.45) is 0 Å². The Balaban J connectivity index is 1.50. The van der Waals surface area contributed by atoms with Gasteiger partial charge in [-0.25, -0.2) is 0 Å². The van der Waals surface area contributed by atoms with Crippen molar-refractivity contribution in [2.45, 2.75) is 43.9 Å². The second kappa shape index (κ2) is 7.15. The van der Waals surface area contributed by atoms with Crippen LogP contribution in [-0.4, -0.2) is 52.2 Å². The molecule has 1 amide bonds. The van der Waals surface area contributed by atoms with Gasteiger partial charge in [0.2, 0.25) is 5.89 Å². The Bertz CT molecular complexity index is 757. The van der Waals surface area contributed by atoms with Crippen LogP contribution in [0.3, 0.4) is 0 Å². The average Bonchev–Trinajstić information content (AvgIpc) is 3.20. The maximum absolute atomic E-state index is 12.8. The number of pyridine rings is 1. The number of ether oxygens (including phenoxy) is 1. The summed E-state index contributed by atoms with van der Waals surface area (Å²) in [6, 6.07) is 3.51. The SMILES string of the molecule is CC1(c2noc(C3CCOCC3)n2)CCCN(C(=O)c2ccncc2)C1. The van der Waals surface area contributed by atoms with E-state index in [0.29, 0.717) is 23.8 Å². The van der Waals surface area contributed by atoms with E-state index in [1.807, 2.05) is 4.90 Å². The van der Waals surface area contributed by atoms with Crippen LogP contribution in [0.1, 0.15) is 60.6 Å². The average molecular weight is 356 g/mol. The van der Waals surface area contributed by atoms with Gasteiger partial charge < -0.3 is 14.2 Å². The third kappa shape index (κ3) is 3.35. The van der Waals surface area contributed by atoms with E-state index in [4.69, 9.17) is 14.2 Å². The second-order valence-electron chi connectivity index (χ2n) is 7.47. The largest absolute Gasteiger partial charge is 0.381 e. The predicted octanol–water partition coefficient (Wildman–Crippen LogP) is 2.55. The highest BCUT2D eigenvalue weighted by atomic mass is 16.5. The van der Waals surface area contributed by atoms with Gasteiger partial charge >= 0.3 is 0 Å². The number of hydrogen-bond acceptors (Lipinski definition) is 6. The first-order valence-electron chi connectivity index (χ1n) is 9.27. The summed E-state index contributed by atoms with van der Waals surface area (Å²) in [4.78, 5) is 23.4. The molecular formula is C19H24N4O3. The lowest BCUT2D eigenvalue weighted by molar-refractivity contribution is 0.0642. The fourth-order valence-corrected chi connectivity index (χ4v) is 3.86. The van der Waals surface area contributed by atoms with Crippen LogP contribution in [0.2, 0.25) is 0 Å². The Morgan fingerprint density at radius 2 is 2.04 bits per heavy atom. The van der Waals surface area contributed by atoms with Gasteiger partial charge in [0.15, 0.2) is 5.82 Å². The normalized spacial score (nSPS) is 24.6. The lowest BCUT2D eigenvalue weighted by Crippen LogP contribution is -2.47. The Labute approximate surface area is 152 Å². The molecule has 2 saturated heterocycles. The fourth-order valence-electron chi connectivity index (χ4n) is 3.86. The summed E-state index contributed by atoms with van der Waals surface area (Å²) in [5.41, 5.74) is 0.383. The molecule has 0 spiro atoms. The van der Waals surface area contributed by atoms with E-state index in [-0.39, 0.29) is 17.2 Å². The molecule has 26 heavy (non-hydrogen) atoms. The summed E-state index contributed by atoms with van der Waals surface area (Å²) in [6.07, 6.45) is 7.01. The molecule has 2 fully saturated rings. The Morgan fingerprint density at radius 3 is 2.81 bits per heavy atom. The molecule has 2 aromatic rings. The van der Waals surface area contributed by atoms with Crippen LogP contribution in [-0.2, 0) is 10.2 Å². The van der Waals surface area contributed by atoms with Crippen LogP contribution in [0, 0.1) is 0 Å². The number of amides is 1. The Kier molecular flexibility index (Phi) is 4.72. The molecule has 0 aliphatic carbocycles. The van der Waals surface area contributed by atoms with Crippen LogP contribution < -0.4 is 0 Å². The van der Waals surface area contributed by atoms with Gasteiger partial charge in [0.1, 0.15) is 0 Å². The van der Waals surface area contributed by atoms with E-state index >= 15 is 0 Å². The molecule has 0 N–H and O–H groups in total. The zero-order valence-electron chi connectivity index (χ0n) is 15.1. The minimum atomic E-state index is -0.284. The molecule has 4 heterocycles. The lowest BCUT2D eigenvalue weighted by Gasteiger charge is -2.38. The smallest absolute Gasteiger partial charge is 0.253 e. The van der Waals surface area contributed by atoms with Crippen molar-refractivity contribution in [3.8, 4) is 0 Å². The third-order valence-corrected chi connectivity index (χ3v) is 5.46. The number of rotatable bonds is 3. The third-order valence-electron chi connectivity index (χ3n) is 5.46. The van der Waals surface area contributed by atoms with Gasteiger partial charge in [0.25, 0.3) is 5.91 Å². The molecule has 0 aromatic carbocycles. The van der Waals surface area contributed by atoms with Gasteiger partial charge in [0.05, 0.1) is 0 Å². The monoisotopic (exact) mass is 356 g/mol. The maximum atomic E-state index is 12.8. The van der Waals surface area contributed by atoms with Gasteiger partial charge in [-0.15, -0.1) is 0 Å². The molecular weight excluding hydrogens is 332 g/mol. The van der Waals surface area contributed by atoms with Crippen molar-refractivity contribution < 1.29 is 14.1 Å². The molecule has 2 aliphatic rings. The van der Waals surface area contributed by atoms with Crippen LogP contribution in [0.15, 0.2) is 29.0 Å². The minimum absolute atomic E-state index is 0.0338. The number of piperidine rings is 1. The number of nitrogens with zero attached hydrogens (tertiary/aromatic N) is 4. The van der Waals surface area contributed by atoms with E-state index in [2.05, 4.69) is 17.1 Å². The fraction of sp³-hybridized carbons (Fsp3) is 0.579. The van der Waals surface area contributed by atoms with Crippen LogP contribution >= 0.6 is 0 Å². The summed E-state index contributed by atoms with van der Waals surface area (Å²) in [5, 5.41) is 4.28. The number of aromatic nitrogens is 3.